The van der Waals surface area contributed by atoms with Crippen LogP contribution >= 0.6 is 23.2 Å². The first-order valence-electron chi connectivity index (χ1n) is 6.04. The number of likely N-dealkylation sites (tertiary alicyclic amines) is 1. The molecule has 2 amide bonds. The molecule has 1 saturated heterocycles. The summed E-state index contributed by atoms with van der Waals surface area (Å²) in [6, 6.07) is 1.55. The molecular formula is C12H15Cl2N3O2. The van der Waals surface area contributed by atoms with Crippen LogP contribution in [0.3, 0.4) is 0 Å². The summed E-state index contributed by atoms with van der Waals surface area (Å²) in [6.07, 6.45) is 1.47. The molecule has 0 bridgehead atoms. The molecule has 1 aliphatic heterocycles. The van der Waals surface area contributed by atoms with Gasteiger partial charge in [0.2, 0.25) is 5.91 Å². The van der Waals surface area contributed by atoms with E-state index < -0.39 is 0 Å². The summed E-state index contributed by atoms with van der Waals surface area (Å²) in [6.45, 7) is 2.28. The first-order valence-corrected chi connectivity index (χ1v) is 6.80. The summed E-state index contributed by atoms with van der Waals surface area (Å²) in [7, 11) is 0. The predicted octanol–water partition coefficient (Wildman–Crippen LogP) is 2.05. The Morgan fingerprint density at radius 2 is 2.11 bits per heavy atom. The van der Waals surface area contributed by atoms with Gasteiger partial charge in [0.15, 0.2) is 0 Å². The molecule has 0 radical (unpaired) electrons. The number of halogens is 2. The fourth-order valence-electron chi connectivity index (χ4n) is 2.30. The van der Waals surface area contributed by atoms with E-state index in [1.807, 2.05) is 6.92 Å². The number of hydrogen-bond donors (Lipinski definition) is 2. The van der Waals surface area contributed by atoms with E-state index in [1.54, 1.807) is 4.90 Å². The third-order valence-corrected chi connectivity index (χ3v) is 4.19. The van der Waals surface area contributed by atoms with Crippen LogP contribution in [0.1, 0.15) is 30.3 Å². The van der Waals surface area contributed by atoms with Crippen molar-refractivity contribution in [1.29, 1.82) is 0 Å². The minimum absolute atomic E-state index is 0.0592. The number of piperidine rings is 1. The van der Waals surface area contributed by atoms with E-state index in [2.05, 4.69) is 4.98 Å². The summed E-state index contributed by atoms with van der Waals surface area (Å²) in [5, 5.41) is 0.544. The molecule has 1 aromatic heterocycles. The minimum Gasteiger partial charge on any atom is -0.369 e. The normalized spacial score (nSPS) is 23.4. The van der Waals surface area contributed by atoms with Gasteiger partial charge in [-0.25, -0.2) is 0 Å². The number of carbonyl (C=O) groups excluding carboxylic acids is 2. The van der Waals surface area contributed by atoms with Gasteiger partial charge in [0.05, 0.1) is 10.9 Å². The lowest BCUT2D eigenvalue weighted by atomic mass is 9.92. The lowest BCUT2D eigenvalue weighted by molar-refractivity contribution is -0.123. The molecule has 0 spiro atoms. The van der Waals surface area contributed by atoms with E-state index in [4.69, 9.17) is 28.9 Å². The lowest BCUT2D eigenvalue weighted by Gasteiger charge is -2.36. The van der Waals surface area contributed by atoms with Gasteiger partial charge in [-0.3, -0.25) is 9.59 Å². The standard InChI is InChI=1S/C12H15Cl2N3O2/c1-6-2-3-7(11(15)18)5-17(6)12(19)9-4-8(13)10(14)16-9/h4,6-7,16H,2-3,5H2,1H3,(H2,15,18). The number of nitrogens with zero attached hydrogens (tertiary/aromatic N) is 1. The van der Waals surface area contributed by atoms with Gasteiger partial charge in [-0.15, -0.1) is 0 Å². The molecule has 2 rings (SSSR count). The van der Waals surface area contributed by atoms with Crippen molar-refractivity contribution in [2.75, 3.05) is 6.54 Å². The van der Waals surface area contributed by atoms with Crippen molar-refractivity contribution in [3.63, 3.8) is 0 Å². The monoisotopic (exact) mass is 303 g/mol. The molecule has 5 nitrogen and oxygen atoms in total. The van der Waals surface area contributed by atoms with Crippen LogP contribution in [0.15, 0.2) is 6.07 Å². The van der Waals surface area contributed by atoms with E-state index in [0.717, 1.165) is 6.42 Å². The lowest BCUT2D eigenvalue weighted by Crippen LogP contribution is -2.48. The number of rotatable bonds is 2. The summed E-state index contributed by atoms with van der Waals surface area (Å²) in [5.41, 5.74) is 5.64. The van der Waals surface area contributed by atoms with Crippen LogP contribution in [0.25, 0.3) is 0 Å². The highest BCUT2D eigenvalue weighted by Crippen LogP contribution is 2.26. The quantitative estimate of drug-likeness (QED) is 0.877. The molecule has 7 heteroatoms. The van der Waals surface area contributed by atoms with Crippen LogP contribution in [-0.4, -0.2) is 34.3 Å². The minimum atomic E-state index is -0.368. The zero-order chi connectivity index (χ0) is 14.2. The van der Waals surface area contributed by atoms with Crippen LogP contribution in [0, 0.1) is 5.92 Å². The van der Waals surface area contributed by atoms with Gasteiger partial charge in [-0.2, -0.15) is 0 Å². The molecule has 1 aliphatic rings. The Labute approximate surface area is 121 Å². The summed E-state index contributed by atoms with van der Waals surface area (Å²) in [4.78, 5) is 28.0. The van der Waals surface area contributed by atoms with Crippen molar-refractivity contribution in [1.82, 2.24) is 9.88 Å². The Morgan fingerprint density at radius 1 is 1.42 bits per heavy atom. The van der Waals surface area contributed by atoms with Gasteiger partial charge < -0.3 is 15.6 Å². The molecule has 0 aromatic carbocycles. The second-order valence-corrected chi connectivity index (χ2v) is 5.61. The Morgan fingerprint density at radius 3 is 2.63 bits per heavy atom. The van der Waals surface area contributed by atoms with E-state index in [-0.39, 0.29) is 28.9 Å². The molecule has 2 unspecified atom stereocenters. The van der Waals surface area contributed by atoms with Gasteiger partial charge in [0, 0.05) is 12.6 Å². The van der Waals surface area contributed by atoms with Crippen LogP contribution in [0.4, 0.5) is 0 Å². The summed E-state index contributed by atoms with van der Waals surface area (Å²) < 4.78 is 0. The Bertz CT molecular complexity index is 496. The first kappa shape index (κ1) is 14.2. The molecule has 1 aromatic rings. The first-order chi connectivity index (χ1) is 8.90. The van der Waals surface area contributed by atoms with E-state index in [1.165, 1.54) is 6.07 Å². The predicted molar refractivity (Wildman–Crippen MR) is 73.2 cm³/mol. The number of aromatic amines is 1. The molecule has 3 N–H and O–H groups in total. The maximum Gasteiger partial charge on any atom is 0.270 e. The number of nitrogens with one attached hydrogen (secondary N) is 1. The largest absolute Gasteiger partial charge is 0.369 e. The third kappa shape index (κ3) is 2.87. The molecule has 19 heavy (non-hydrogen) atoms. The SMILES string of the molecule is CC1CCC(C(N)=O)CN1C(=O)c1cc(Cl)c(Cl)[nH]1. The second kappa shape index (κ2) is 5.43. The number of carbonyl (C=O) groups is 2. The number of H-pyrrole nitrogens is 1. The number of primary amides is 1. The number of hydrogen-bond acceptors (Lipinski definition) is 2. The molecule has 2 heterocycles. The molecule has 2 atom stereocenters. The summed E-state index contributed by atoms with van der Waals surface area (Å²) >= 11 is 11.6. The Balaban J connectivity index is 2.19. The fourth-order valence-corrected chi connectivity index (χ4v) is 2.61. The van der Waals surface area contributed by atoms with Crippen molar-refractivity contribution in [3.05, 3.63) is 21.9 Å². The number of nitrogens with two attached hydrogens (primary N) is 1. The Kier molecular flexibility index (Phi) is 4.06. The average molecular weight is 304 g/mol. The van der Waals surface area contributed by atoms with Gasteiger partial charge in [-0.05, 0) is 25.8 Å². The highest BCUT2D eigenvalue weighted by Gasteiger charge is 2.32. The van der Waals surface area contributed by atoms with E-state index in [0.29, 0.717) is 23.7 Å². The second-order valence-electron chi connectivity index (χ2n) is 4.83. The fraction of sp³-hybridized carbons (Fsp3) is 0.500. The highest BCUT2D eigenvalue weighted by atomic mass is 35.5. The van der Waals surface area contributed by atoms with Crippen molar-refractivity contribution >= 4 is 35.0 Å². The highest BCUT2D eigenvalue weighted by molar-refractivity contribution is 6.41. The number of aromatic nitrogens is 1. The van der Waals surface area contributed by atoms with Crippen LogP contribution in [-0.2, 0) is 4.79 Å². The van der Waals surface area contributed by atoms with Crippen molar-refractivity contribution in [2.45, 2.75) is 25.8 Å². The van der Waals surface area contributed by atoms with Crippen LogP contribution < -0.4 is 5.73 Å². The van der Waals surface area contributed by atoms with E-state index >= 15 is 0 Å². The van der Waals surface area contributed by atoms with Crippen LogP contribution in [0.5, 0.6) is 0 Å². The zero-order valence-electron chi connectivity index (χ0n) is 10.5. The van der Waals surface area contributed by atoms with Crippen molar-refractivity contribution in [3.8, 4) is 0 Å². The van der Waals surface area contributed by atoms with Gasteiger partial charge in [-0.1, -0.05) is 23.2 Å². The smallest absolute Gasteiger partial charge is 0.270 e. The van der Waals surface area contributed by atoms with Crippen LogP contribution in [0.2, 0.25) is 10.2 Å². The summed E-state index contributed by atoms with van der Waals surface area (Å²) in [5.74, 6) is -0.874. The maximum atomic E-state index is 12.4. The van der Waals surface area contributed by atoms with Gasteiger partial charge in [0.25, 0.3) is 5.91 Å². The maximum absolute atomic E-state index is 12.4. The number of amides is 2. The molecule has 0 saturated carbocycles. The molecule has 1 fully saturated rings. The zero-order valence-corrected chi connectivity index (χ0v) is 12.0. The van der Waals surface area contributed by atoms with Gasteiger partial charge >= 0.3 is 0 Å². The topological polar surface area (TPSA) is 79.2 Å². The molecule has 0 aliphatic carbocycles. The molecular weight excluding hydrogens is 289 g/mol. The third-order valence-electron chi connectivity index (χ3n) is 3.50. The average Bonchev–Trinajstić information content (AvgIpc) is 2.69. The van der Waals surface area contributed by atoms with Crippen molar-refractivity contribution in [2.24, 2.45) is 11.7 Å². The van der Waals surface area contributed by atoms with E-state index in [9.17, 15) is 9.59 Å². The van der Waals surface area contributed by atoms with Gasteiger partial charge in [0.1, 0.15) is 10.8 Å². The molecule has 104 valence electrons. The van der Waals surface area contributed by atoms with Crippen molar-refractivity contribution < 1.29 is 9.59 Å². The Hall–Kier alpha value is -1.20.